The van der Waals surface area contributed by atoms with E-state index in [1.165, 1.54) is 4.90 Å². The van der Waals surface area contributed by atoms with Gasteiger partial charge in [-0.1, -0.05) is 6.07 Å². The summed E-state index contributed by atoms with van der Waals surface area (Å²) in [4.78, 5) is 12.9. The predicted molar refractivity (Wildman–Crippen MR) is 60.1 cm³/mol. The zero-order valence-electron chi connectivity index (χ0n) is 8.39. The Kier molecular flexibility index (Phi) is 2.51. The molecule has 1 N–H and O–H groups in total. The molecule has 0 atom stereocenters. The van der Waals surface area contributed by atoms with Crippen molar-refractivity contribution >= 4 is 34.5 Å². The maximum atomic E-state index is 11.4. The highest BCUT2D eigenvalue weighted by Gasteiger charge is 2.08. The van der Waals surface area contributed by atoms with Crippen LogP contribution in [0.25, 0.3) is 11.0 Å². The molecule has 1 aromatic carbocycles. The zero-order valence-corrected chi connectivity index (χ0v) is 9.21. The van der Waals surface area contributed by atoms with Crippen molar-refractivity contribution in [3.63, 3.8) is 0 Å². The number of benzene rings is 1. The topological polar surface area (TPSA) is 58.1 Å². The van der Waals surface area contributed by atoms with Gasteiger partial charge < -0.3 is 10.2 Å². The summed E-state index contributed by atoms with van der Waals surface area (Å²) in [5.41, 5.74) is 2.23. The first-order valence-electron chi connectivity index (χ1n) is 4.38. The highest BCUT2D eigenvalue weighted by molar-refractivity contribution is 7.00. The number of rotatable bonds is 1. The average Bonchev–Trinajstić information content (AvgIpc) is 2.66. The molecule has 6 heteroatoms. The third kappa shape index (κ3) is 1.89. The standard InChI is InChI=1S/C9H10N4OS/c1-13(2)9(14)10-6-4-3-5-7-8(6)12-15-11-7/h3-5H,1-2H3,(H,10,14). The van der Waals surface area contributed by atoms with Crippen molar-refractivity contribution in [2.45, 2.75) is 0 Å². The molecule has 2 rings (SSSR count). The van der Waals surface area contributed by atoms with E-state index in [4.69, 9.17) is 0 Å². The van der Waals surface area contributed by atoms with Crippen LogP contribution >= 0.6 is 11.7 Å². The van der Waals surface area contributed by atoms with Crippen LogP contribution in [0.5, 0.6) is 0 Å². The second-order valence-corrected chi connectivity index (χ2v) is 3.79. The normalized spacial score (nSPS) is 10.3. The Morgan fingerprint density at radius 3 is 2.93 bits per heavy atom. The van der Waals surface area contributed by atoms with Gasteiger partial charge in [0.25, 0.3) is 0 Å². The molecule has 0 aliphatic rings. The maximum Gasteiger partial charge on any atom is 0.321 e. The minimum Gasteiger partial charge on any atom is -0.331 e. The molecule has 0 saturated carbocycles. The monoisotopic (exact) mass is 222 g/mol. The van der Waals surface area contributed by atoms with E-state index < -0.39 is 0 Å². The molecule has 15 heavy (non-hydrogen) atoms. The van der Waals surface area contributed by atoms with Crippen LogP contribution in [-0.2, 0) is 0 Å². The summed E-state index contributed by atoms with van der Waals surface area (Å²) in [5.74, 6) is 0. The second-order valence-electron chi connectivity index (χ2n) is 3.26. The van der Waals surface area contributed by atoms with E-state index in [1.54, 1.807) is 14.1 Å². The van der Waals surface area contributed by atoms with E-state index >= 15 is 0 Å². The van der Waals surface area contributed by atoms with Crippen LogP contribution in [0, 0.1) is 0 Å². The first-order chi connectivity index (χ1) is 7.18. The number of aromatic nitrogens is 2. The SMILES string of the molecule is CN(C)C(=O)Nc1cccc2nsnc12. The van der Waals surface area contributed by atoms with Gasteiger partial charge in [-0.2, -0.15) is 8.75 Å². The molecule has 0 aliphatic heterocycles. The van der Waals surface area contributed by atoms with E-state index in [2.05, 4.69) is 14.1 Å². The Hall–Kier alpha value is -1.69. The van der Waals surface area contributed by atoms with E-state index in [1.807, 2.05) is 18.2 Å². The number of urea groups is 1. The lowest BCUT2D eigenvalue weighted by Gasteiger charge is -2.11. The summed E-state index contributed by atoms with van der Waals surface area (Å²) in [7, 11) is 3.38. The molecule has 78 valence electrons. The lowest BCUT2D eigenvalue weighted by molar-refractivity contribution is 0.231. The number of hydrogen-bond acceptors (Lipinski definition) is 4. The fourth-order valence-corrected chi connectivity index (χ4v) is 1.68. The van der Waals surface area contributed by atoms with Crippen molar-refractivity contribution in [2.75, 3.05) is 19.4 Å². The van der Waals surface area contributed by atoms with E-state index in [9.17, 15) is 4.79 Å². The number of hydrogen-bond donors (Lipinski definition) is 1. The molecule has 0 aliphatic carbocycles. The zero-order chi connectivity index (χ0) is 10.8. The number of amides is 2. The molecule has 2 aromatic rings. The third-order valence-electron chi connectivity index (χ3n) is 1.93. The van der Waals surface area contributed by atoms with Gasteiger partial charge in [0.15, 0.2) is 0 Å². The first-order valence-corrected chi connectivity index (χ1v) is 5.11. The summed E-state index contributed by atoms with van der Waals surface area (Å²) in [5, 5.41) is 2.76. The smallest absolute Gasteiger partial charge is 0.321 e. The van der Waals surface area contributed by atoms with Gasteiger partial charge in [-0.15, -0.1) is 0 Å². The Morgan fingerprint density at radius 2 is 2.20 bits per heavy atom. The van der Waals surface area contributed by atoms with E-state index in [0.717, 1.165) is 22.8 Å². The van der Waals surface area contributed by atoms with Crippen LogP contribution in [0.2, 0.25) is 0 Å². The highest BCUT2D eigenvalue weighted by Crippen LogP contribution is 2.21. The quantitative estimate of drug-likeness (QED) is 0.800. The van der Waals surface area contributed by atoms with Crippen molar-refractivity contribution in [2.24, 2.45) is 0 Å². The minimum absolute atomic E-state index is 0.171. The highest BCUT2D eigenvalue weighted by atomic mass is 32.1. The summed E-state index contributed by atoms with van der Waals surface area (Å²) >= 11 is 1.14. The van der Waals surface area contributed by atoms with Crippen LogP contribution in [0.15, 0.2) is 18.2 Å². The molecule has 5 nitrogen and oxygen atoms in total. The van der Waals surface area contributed by atoms with Crippen LogP contribution in [0.1, 0.15) is 0 Å². The number of nitrogens with zero attached hydrogens (tertiary/aromatic N) is 3. The maximum absolute atomic E-state index is 11.4. The number of anilines is 1. The van der Waals surface area contributed by atoms with Crippen molar-refractivity contribution in [1.82, 2.24) is 13.6 Å². The molecule has 0 spiro atoms. The van der Waals surface area contributed by atoms with Gasteiger partial charge in [0, 0.05) is 14.1 Å². The number of fused-ring (bicyclic) bond motifs is 1. The second kappa shape index (κ2) is 3.82. The molecule has 2 amide bonds. The number of carbonyl (C=O) groups excluding carboxylic acids is 1. The number of nitrogens with one attached hydrogen (secondary N) is 1. The Bertz CT molecular complexity index is 494. The average molecular weight is 222 g/mol. The van der Waals surface area contributed by atoms with Crippen molar-refractivity contribution in [3.8, 4) is 0 Å². The minimum atomic E-state index is -0.171. The number of carbonyl (C=O) groups is 1. The molecule has 0 unspecified atom stereocenters. The van der Waals surface area contributed by atoms with Gasteiger partial charge in [0.2, 0.25) is 0 Å². The predicted octanol–water partition coefficient (Wildman–Crippen LogP) is 1.78. The molecule has 0 bridgehead atoms. The van der Waals surface area contributed by atoms with Crippen molar-refractivity contribution < 1.29 is 4.79 Å². The third-order valence-corrected chi connectivity index (χ3v) is 2.48. The van der Waals surface area contributed by atoms with Crippen LogP contribution < -0.4 is 5.32 Å². The van der Waals surface area contributed by atoms with Crippen molar-refractivity contribution in [1.29, 1.82) is 0 Å². The fourth-order valence-electron chi connectivity index (χ4n) is 1.13. The molecule has 0 fully saturated rings. The Labute approximate surface area is 91.0 Å². The van der Waals surface area contributed by atoms with Gasteiger partial charge in [0.05, 0.1) is 17.4 Å². The molecule has 0 saturated heterocycles. The summed E-state index contributed by atoms with van der Waals surface area (Å²) < 4.78 is 8.23. The van der Waals surface area contributed by atoms with Crippen molar-refractivity contribution in [3.05, 3.63) is 18.2 Å². The Morgan fingerprint density at radius 1 is 1.40 bits per heavy atom. The van der Waals surface area contributed by atoms with Crippen LogP contribution in [0.4, 0.5) is 10.5 Å². The largest absolute Gasteiger partial charge is 0.331 e. The van der Waals surface area contributed by atoms with Gasteiger partial charge >= 0.3 is 6.03 Å². The summed E-state index contributed by atoms with van der Waals surface area (Å²) in [6.45, 7) is 0. The summed E-state index contributed by atoms with van der Waals surface area (Å²) in [6, 6.07) is 5.35. The molecule has 1 heterocycles. The van der Waals surface area contributed by atoms with Crippen LogP contribution in [0.3, 0.4) is 0 Å². The fraction of sp³-hybridized carbons (Fsp3) is 0.222. The van der Waals surface area contributed by atoms with Gasteiger partial charge in [-0.3, -0.25) is 0 Å². The van der Waals surface area contributed by atoms with Crippen LogP contribution in [-0.4, -0.2) is 33.8 Å². The lowest BCUT2D eigenvalue weighted by Crippen LogP contribution is -2.27. The molecule has 1 aromatic heterocycles. The molecule has 0 radical (unpaired) electrons. The van der Waals surface area contributed by atoms with Gasteiger partial charge in [-0.25, -0.2) is 4.79 Å². The van der Waals surface area contributed by atoms with E-state index in [0.29, 0.717) is 5.69 Å². The first kappa shape index (κ1) is 9.85. The molecular formula is C9H10N4OS. The van der Waals surface area contributed by atoms with Gasteiger partial charge in [-0.05, 0) is 12.1 Å². The van der Waals surface area contributed by atoms with E-state index in [-0.39, 0.29) is 6.03 Å². The summed E-state index contributed by atoms with van der Waals surface area (Å²) in [6.07, 6.45) is 0. The van der Waals surface area contributed by atoms with Gasteiger partial charge in [0.1, 0.15) is 11.0 Å². The lowest BCUT2D eigenvalue weighted by atomic mass is 10.2. The molecular weight excluding hydrogens is 212 g/mol. The Balaban J connectivity index is 2.35.